The molecule has 5 nitrogen and oxygen atoms in total. The number of ether oxygens (including phenoxy) is 2. The van der Waals surface area contributed by atoms with Crippen LogP contribution in [0.15, 0.2) is 18.3 Å². The summed E-state index contributed by atoms with van der Waals surface area (Å²) in [5.74, 6) is 1.95. The Labute approximate surface area is 143 Å². The highest BCUT2D eigenvalue weighted by Crippen LogP contribution is 2.36. The normalized spacial score (nSPS) is 22.0. The zero-order valence-electron chi connectivity index (χ0n) is 14.6. The summed E-state index contributed by atoms with van der Waals surface area (Å²) in [5, 5.41) is 8.12. The van der Waals surface area contributed by atoms with Crippen molar-refractivity contribution >= 4 is 0 Å². The van der Waals surface area contributed by atoms with Crippen molar-refractivity contribution in [1.82, 2.24) is 15.1 Å². The van der Waals surface area contributed by atoms with Gasteiger partial charge in [0.15, 0.2) is 0 Å². The van der Waals surface area contributed by atoms with E-state index in [2.05, 4.69) is 29.5 Å². The van der Waals surface area contributed by atoms with E-state index < -0.39 is 0 Å². The lowest BCUT2D eigenvalue weighted by Gasteiger charge is -2.24. The molecule has 0 amide bonds. The van der Waals surface area contributed by atoms with E-state index in [1.165, 1.54) is 23.2 Å². The van der Waals surface area contributed by atoms with E-state index in [1.54, 1.807) is 7.11 Å². The summed E-state index contributed by atoms with van der Waals surface area (Å²) in [7, 11) is 3.77. The first-order chi connectivity index (χ1) is 11.7. The highest BCUT2D eigenvalue weighted by atomic mass is 16.5. The van der Waals surface area contributed by atoms with Gasteiger partial charge in [0.05, 0.1) is 13.3 Å². The van der Waals surface area contributed by atoms with Gasteiger partial charge in [-0.3, -0.25) is 4.68 Å². The average Bonchev–Trinajstić information content (AvgIpc) is 3.14. The predicted octanol–water partition coefficient (Wildman–Crippen LogP) is 2.92. The van der Waals surface area contributed by atoms with Crippen LogP contribution >= 0.6 is 0 Å². The van der Waals surface area contributed by atoms with E-state index in [9.17, 15) is 0 Å². The lowest BCUT2D eigenvalue weighted by atomic mass is 9.93. The number of nitrogens with one attached hydrogen (secondary N) is 1. The Hall–Kier alpha value is -2.01. The second-order valence-electron chi connectivity index (χ2n) is 6.90. The molecule has 1 aliphatic heterocycles. The van der Waals surface area contributed by atoms with Gasteiger partial charge in [-0.25, -0.2) is 0 Å². The molecule has 4 rings (SSSR count). The van der Waals surface area contributed by atoms with Crippen LogP contribution in [0.25, 0.3) is 0 Å². The lowest BCUT2D eigenvalue weighted by molar-refractivity contribution is 0.254. The number of fused-ring (bicyclic) bond motifs is 2. The first-order valence-corrected chi connectivity index (χ1v) is 8.76. The molecule has 0 radical (unpaired) electrons. The van der Waals surface area contributed by atoms with Gasteiger partial charge in [-0.2, -0.15) is 5.10 Å². The van der Waals surface area contributed by atoms with E-state index in [0.29, 0.717) is 6.04 Å². The maximum atomic E-state index is 5.90. The van der Waals surface area contributed by atoms with Gasteiger partial charge >= 0.3 is 0 Å². The molecule has 0 unspecified atom stereocenters. The number of aromatic nitrogens is 2. The van der Waals surface area contributed by atoms with Crippen molar-refractivity contribution in [1.29, 1.82) is 0 Å². The van der Waals surface area contributed by atoms with Crippen LogP contribution in [0.4, 0.5) is 0 Å². The molecule has 0 bridgehead atoms. The van der Waals surface area contributed by atoms with Crippen LogP contribution in [0.5, 0.6) is 11.5 Å². The largest absolute Gasteiger partial charge is 0.496 e. The summed E-state index contributed by atoms with van der Waals surface area (Å²) in [6.07, 6.45) is 6.70. The van der Waals surface area contributed by atoms with Crippen molar-refractivity contribution in [3.05, 3.63) is 40.7 Å². The second-order valence-corrected chi connectivity index (χ2v) is 6.90. The first-order valence-electron chi connectivity index (χ1n) is 8.76. The molecule has 2 aromatic rings. The molecule has 0 saturated carbocycles. The Morgan fingerprint density at radius 3 is 3.12 bits per heavy atom. The summed E-state index contributed by atoms with van der Waals surface area (Å²) in [6, 6.07) is 4.63. The summed E-state index contributed by atoms with van der Waals surface area (Å²) in [6.45, 7) is 2.88. The minimum Gasteiger partial charge on any atom is -0.496 e. The lowest BCUT2D eigenvalue weighted by Crippen LogP contribution is -2.25. The summed E-state index contributed by atoms with van der Waals surface area (Å²) in [4.78, 5) is 0. The molecular weight excluding hydrogens is 302 g/mol. The monoisotopic (exact) mass is 327 g/mol. The molecule has 1 aromatic heterocycles. The number of nitrogens with zero attached hydrogens (tertiary/aromatic N) is 2. The quantitative estimate of drug-likeness (QED) is 0.938. The fourth-order valence-electron chi connectivity index (χ4n) is 3.96. The minimum atomic E-state index is 0.254. The van der Waals surface area contributed by atoms with E-state index in [0.717, 1.165) is 42.9 Å². The molecule has 2 atom stereocenters. The van der Waals surface area contributed by atoms with E-state index in [4.69, 9.17) is 9.47 Å². The van der Waals surface area contributed by atoms with Gasteiger partial charge in [0.1, 0.15) is 17.6 Å². The third-order valence-corrected chi connectivity index (χ3v) is 5.21. The van der Waals surface area contributed by atoms with Crippen molar-refractivity contribution < 1.29 is 9.47 Å². The maximum Gasteiger partial charge on any atom is 0.123 e. The van der Waals surface area contributed by atoms with Crippen LogP contribution in [0, 0.1) is 0 Å². The molecule has 0 spiro atoms. The van der Waals surface area contributed by atoms with Crippen molar-refractivity contribution in [3.63, 3.8) is 0 Å². The Kier molecular flexibility index (Phi) is 3.96. The van der Waals surface area contributed by atoms with Crippen LogP contribution in [0.2, 0.25) is 0 Å². The Morgan fingerprint density at radius 2 is 2.29 bits per heavy atom. The minimum absolute atomic E-state index is 0.254. The number of methoxy groups -OCH3 is 1. The highest BCUT2D eigenvalue weighted by molar-refractivity contribution is 5.48. The molecule has 1 aromatic carbocycles. The topological polar surface area (TPSA) is 48.3 Å². The van der Waals surface area contributed by atoms with Crippen LogP contribution in [0.3, 0.4) is 0 Å². The SMILES string of the molecule is COc1cc2c(cc1CN[C@H]1CCCc3c1cnn3C)O[C@H](C)C2. The molecular formula is C19H25N3O2. The number of hydrogen-bond acceptors (Lipinski definition) is 4. The molecule has 5 heteroatoms. The molecule has 0 fully saturated rings. The van der Waals surface area contributed by atoms with Gasteiger partial charge in [0.25, 0.3) is 0 Å². The smallest absolute Gasteiger partial charge is 0.123 e. The van der Waals surface area contributed by atoms with Crippen LogP contribution < -0.4 is 14.8 Å². The fraction of sp³-hybridized carbons (Fsp3) is 0.526. The van der Waals surface area contributed by atoms with E-state index in [1.807, 2.05) is 17.9 Å². The predicted molar refractivity (Wildman–Crippen MR) is 92.5 cm³/mol. The Balaban J connectivity index is 1.54. The van der Waals surface area contributed by atoms with E-state index >= 15 is 0 Å². The van der Waals surface area contributed by atoms with Crippen LogP contribution in [-0.4, -0.2) is 23.0 Å². The average molecular weight is 327 g/mol. The zero-order chi connectivity index (χ0) is 16.7. The number of rotatable bonds is 4. The zero-order valence-corrected chi connectivity index (χ0v) is 14.6. The summed E-state index contributed by atoms with van der Waals surface area (Å²) in [5.41, 5.74) is 5.10. The number of benzene rings is 1. The third kappa shape index (κ3) is 2.67. The van der Waals surface area contributed by atoms with Crippen molar-refractivity contribution in [3.8, 4) is 11.5 Å². The molecule has 2 aliphatic rings. The molecule has 0 saturated heterocycles. The Bertz CT molecular complexity index is 753. The molecule has 1 aliphatic carbocycles. The van der Waals surface area contributed by atoms with Crippen molar-refractivity contribution in [2.45, 2.75) is 51.3 Å². The van der Waals surface area contributed by atoms with Crippen LogP contribution in [-0.2, 0) is 26.4 Å². The van der Waals surface area contributed by atoms with Gasteiger partial charge in [-0.05, 0) is 38.3 Å². The van der Waals surface area contributed by atoms with Gasteiger partial charge in [0, 0.05) is 48.4 Å². The van der Waals surface area contributed by atoms with Crippen molar-refractivity contribution in [2.75, 3.05) is 7.11 Å². The van der Waals surface area contributed by atoms with E-state index in [-0.39, 0.29) is 6.10 Å². The third-order valence-electron chi connectivity index (χ3n) is 5.21. The van der Waals surface area contributed by atoms with Gasteiger partial charge in [0.2, 0.25) is 0 Å². The summed E-state index contributed by atoms with van der Waals surface area (Å²) < 4.78 is 13.5. The molecule has 2 heterocycles. The maximum absolute atomic E-state index is 5.90. The van der Waals surface area contributed by atoms with Crippen molar-refractivity contribution in [2.24, 2.45) is 7.05 Å². The molecule has 24 heavy (non-hydrogen) atoms. The van der Waals surface area contributed by atoms with Gasteiger partial charge < -0.3 is 14.8 Å². The van der Waals surface area contributed by atoms with Crippen LogP contribution in [0.1, 0.15) is 48.2 Å². The van der Waals surface area contributed by atoms with Gasteiger partial charge in [-0.1, -0.05) is 0 Å². The number of aryl methyl sites for hydroxylation is 1. The first kappa shape index (κ1) is 15.5. The molecule has 128 valence electrons. The standard InChI is InChI=1S/C19H25N3O2/c1-12-7-13-8-18(23-3)14(9-19(13)24-12)10-20-16-5-4-6-17-15(16)11-21-22(17)2/h8-9,11-12,16,20H,4-7,10H2,1-3H3/t12-,16+/m1/s1. The number of hydrogen-bond donors (Lipinski definition) is 1. The Morgan fingerprint density at radius 1 is 1.42 bits per heavy atom. The second kappa shape index (κ2) is 6.13. The van der Waals surface area contributed by atoms with Gasteiger partial charge in [-0.15, -0.1) is 0 Å². The fourth-order valence-corrected chi connectivity index (χ4v) is 3.96. The summed E-state index contributed by atoms with van der Waals surface area (Å²) >= 11 is 0. The highest BCUT2D eigenvalue weighted by Gasteiger charge is 2.25. The molecule has 1 N–H and O–H groups in total.